The number of nitrogens with two attached hydrogens (primary N) is 1. The van der Waals surface area contributed by atoms with Crippen molar-refractivity contribution in [2.75, 3.05) is 33.0 Å². The highest BCUT2D eigenvalue weighted by Crippen LogP contribution is 2.43. The van der Waals surface area contributed by atoms with E-state index in [1.54, 1.807) is 0 Å². The van der Waals surface area contributed by atoms with Crippen molar-refractivity contribution < 1.29 is 32.8 Å². The summed E-state index contributed by atoms with van der Waals surface area (Å²) in [7, 11) is -4.26. The highest BCUT2D eigenvalue weighted by molar-refractivity contribution is 7.47. The maximum atomic E-state index is 12.5. The van der Waals surface area contributed by atoms with Crippen molar-refractivity contribution in [1.29, 1.82) is 0 Å². The molecule has 0 aliphatic carbocycles. The highest BCUT2D eigenvalue weighted by atomic mass is 31.2. The van der Waals surface area contributed by atoms with Crippen LogP contribution in [0.5, 0.6) is 0 Å². The molecule has 0 aliphatic heterocycles. The second kappa shape index (κ2) is 35.8. The number of unbranched alkanes of at least 4 members (excludes halogenated alkanes) is 14. The first-order chi connectivity index (χ1) is 22.9. The summed E-state index contributed by atoms with van der Waals surface area (Å²) in [6.07, 6.45) is 39.9. The Morgan fingerprint density at radius 2 is 1.19 bits per heavy atom. The van der Waals surface area contributed by atoms with Gasteiger partial charge in [-0.3, -0.25) is 13.8 Å². The van der Waals surface area contributed by atoms with Crippen molar-refractivity contribution >= 4 is 13.8 Å². The molecule has 3 N–H and O–H groups in total. The summed E-state index contributed by atoms with van der Waals surface area (Å²) in [6, 6.07) is 0. The Labute approximate surface area is 288 Å². The number of carbonyl (C=O) groups is 1. The normalized spacial score (nSPS) is 14.2. The Hall–Kier alpha value is -1.54. The van der Waals surface area contributed by atoms with Gasteiger partial charge in [-0.1, -0.05) is 140 Å². The van der Waals surface area contributed by atoms with Crippen LogP contribution in [0.2, 0.25) is 0 Å². The molecule has 0 amide bonds. The molecular weight excluding hydrogens is 613 g/mol. The van der Waals surface area contributed by atoms with Gasteiger partial charge in [0.25, 0.3) is 0 Å². The summed E-state index contributed by atoms with van der Waals surface area (Å²) in [4.78, 5) is 22.3. The maximum Gasteiger partial charge on any atom is 0.472 e. The summed E-state index contributed by atoms with van der Waals surface area (Å²) in [6.45, 7) is 4.75. The Morgan fingerprint density at radius 3 is 1.79 bits per heavy atom. The number of rotatable bonds is 35. The van der Waals surface area contributed by atoms with Crippen molar-refractivity contribution in [2.45, 2.75) is 155 Å². The van der Waals surface area contributed by atoms with E-state index in [2.05, 4.69) is 62.5 Å². The van der Waals surface area contributed by atoms with Gasteiger partial charge in [0, 0.05) is 19.6 Å². The molecule has 0 radical (unpaired) electrons. The maximum absolute atomic E-state index is 12.5. The van der Waals surface area contributed by atoms with Gasteiger partial charge < -0.3 is 20.1 Å². The number of allylic oxidation sites excluding steroid dienone is 8. The van der Waals surface area contributed by atoms with Gasteiger partial charge in [0.15, 0.2) is 0 Å². The molecule has 2 atom stereocenters. The smallest absolute Gasteiger partial charge is 0.457 e. The van der Waals surface area contributed by atoms with E-state index in [0.717, 1.165) is 64.2 Å². The Morgan fingerprint density at radius 1 is 0.660 bits per heavy atom. The van der Waals surface area contributed by atoms with E-state index >= 15 is 0 Å². The van der Waals surface area contributed by atoms with Gasteiger partial charge >= 0.3 is 13.8 Å². The molecule has 0 aliphatic rings. The summed E-state index contributed by atoms with van der Waals surface area (Å²) in [5.41, 5.74) is 5.34. The lowest BCUT2D eigenvalue weighted by Crippen LogP contribution is -2.28. The van der Waals surface area contributed by atoms with Crippen LogP contribution in [0, 0.1) is 0 Å². The van der Waals surface area contributed by atoms with Crippen LogP contribution < -0.4 is 5.73 Å². The lowest BCUT2D eigenvalue weighted by Gasteiger charge is -2.20. The van der Waals surface area contributed by atoms with Gasteiger partial charge in [-0.15, -0.1) is 0 Å². The van der Waals surface area contributed by atoms with E-state index in [-0.39, 0.29) is 32.3 Å². The third-order valence-electron chi connectivity index (χ3n) is 7.51. The molecule has 0 rings (SSSR count). The van der Waals surface area contributed by atoms with Crippen LogP contribution in [0.3, 0.4) is 0 Å². The molecule has 0 saturated heterocycles. The van der Waals surface area contributed by atoms with E-state index in [9.17, 15) is 14.3 Å². The van der Waals surface area contributed by atoms with Gasteiger partial charge in [0.2, 0.25) is 0 Å². The van der Waals surface area contributed by atoms with Gasteiger partial charge in [-0.05, 0) is 51.4 Å². The molecular formula is C38H70NO7P. The zero-order valence-corrected chi connectivity index (χ0v) is 30.9. The fourth-order valence-corrected chi connectivity index (χ4v) is 5.57. The highest BCUT2D eigenvalue weighted by Gasteiger charge is 2.25. The molecule has 9 heteroatoms. The Bertz CT molecular complexity index is 859. The second-order valence-corrected chi connectivity index (χ2v) is 13.5. The molecule has 0 aromatic rings. The zero-order valence-electron chi connectivity index (χ0n) is 30.0. The van der Waals surface area contributed by atoms with E-state index in [1.165, 1.54) is 64.2 Å². The first kappa shape index (κ1) is 45.5. The van der Waals surface area contributed by atoms with Crippen LogP contribution in [0.15, 0.2) is 48.6 Å². The Kier molecular flexibility index (Phi) is 34.6. The first-order valence-corrected chi connectivity index (χ1v) is 20.1. The van der Waals surface area contributed by atoms with Gasteiger partial charge in [-0.25, -0.2) is 4.57 Å². The molecule has 47 heavy (non-hydrogen) atoms. The average Bonchev–Trinajstić information content (AvgIpc) is 3.06. The zero-order chi connectivity index (χ0) is 34.5. The topological polar surface area (TPSA) is 117 Å². The number of esters is 1. The summed E-state index contributed by atoms with van der Waals surface area (Å²) in [5, 5.41) is 0. The SMILES string of the molecule is CC/C=C\C/C=C\C/C=C\C/C=C\CCCCCCCCCCC(=O)OC(COCCCCCCCCC)COP(=O)(O)OCCN. The predicted molar refractivity (Wildman–Crippen MR) is 196 cm³/mol. The van der Waals surface area contributed by atoms with Crippen LogP contribution in [0.1, 0.15) is 149 Å². The van der Waals surface area contributed by atoms with Crippen molar-refractivity contribution in [1.82, 2.24) is 0 Å². The number of phosphoric ester groups is 1. The standard InChI is InChI=1S/C38H70NO7P/c1-3-5-7-9-11-12-13-14-15-16-17-18-19-20-21-22-23-24-25-27-29-31-38(40)46-37(36-45-47(41,42)44-34-32-39)35-43-33-30-28-26-10-8-6-4-2/h5,7,11-12,14-15,17-18,37H,3-4,6,8-10,13,16,19-36,39H2,1-2H3,(H,41,42)/b7-5-,12-11-,15-14-,18-17-. The fourth-order valence-electron chi connectivity index (χ4n) is 4.81. The van der Waals surface area contributed by atoms with Crippen molar-refractivity contribution in [3.63, 3.8) is 0 Å². The molecule has 0 aromatic heterocycles. The van der Waals surface area contributed by atoms with E-state index in [4.69, 9.17) is 24.3 Å². The molecule has 0 spiro atoms. The fraction of sp³-hybridized carbons (Fsp3) is 0.763. The van der Waals surface area contributed by atoms with Gasteiger partial charge in [0.1, 0.15) is 6.10 Å². The van der Waals surface area contributed by atoms with Crippen LogP contribution in [0.25, 0.3) is 0 Å². The molecule has 2 unspecified atom stereocenters. The lowest BCUT2D eigenvalue weighted by molar-refractivity contribution is -0.154. The molecule has 8 nitrogen and oxygen atoms in total. The van der Waals surface area contributed by atoms with E-state index in [1.807, 2.05) is 0 Å². The molecule has 0 heterocycles. The predicted octanol–water partition coefficient (Wildman–Crippen LogP) is 10.5. The largest absolute Gasteiger partial charge is 0.472 e. The third kappa shape index (κ3) is 35.6. The quantitative estimate of drug-likeness (QED) is 0.0293. The van der Waals surface area contributed by atoms with Gasteiger partial charge in [-0.2, -0.15) is 0 Å². The van der Waals surface area contributed by atoms with Gasteiger partial charge in [0.05, 0.1) is 19.8 Å². The minimum Gasteiger partial charge on any atom is -0.457 e. The summed E-state index contributed by atoms with van der Waals surface area (Å²) in [5.74, 6) is -0.343. The van der Waals surface area contributed by atoms with Crippen LogP contribution in [0.4, 0.5) is 0 Å². The average molecular weight is 684 g/mol. The summed E-state index contributed by atoms with van der Waals surface area (Å²) >= 11 is 0. The van der Waals surface area contributed by atoms with E-state index in [0.29, 0.717) is 13.0 Å². The number of hydrogen-bond donors (Lipinski definition) is 2. The molecule has 0 bridgehead atoms. The van der Waals surface area contributed by atoms with Crippen LogP contribution in [-0.2, 0) is 27.9 Å². The van der Waals surface area contributed by atoms with Crippen molar-refractivity contribution in [3.05, 3.63) is 48.6 Å². The molecule has 0 saturated carbocycles. The minimum atomic E-state index is -4.26. The number of phosphoric acid groups is 1. The van der Waals surface area contributed by atoms with Crippen LogP contribution in [-0.4, -0.2) is 49.9 Å². The molecule has 0 fully saturated rings. The minimum absolute atomic E-state index is 0.0978. The number of ether oxygens (including phenoxy) is 2. The second-order valence-electron chi connectivity index (χ2n) is 12.1. The Balaban J connectivity index is 4.00. The monoisotopic (exact) mass is 683 g/mol. The van der Waals surface area contributed by atoms with E-state index < -0.39 is 13.9 Å². The molecule has 0 aromatic carbocycles. The number of carbonyl (C=O) groups excluding carboxylic acids is 1. The third-order valence-corrected chi connectivity index (χ3v) is 8.49. The van der Waals surface area contributed by atoms with Crippen LogP contribution >= 0.6 is 7.82 Å². The number of hydrogen-bond acceptors (Lipinski definition) is 7. The van der Waals surface area contributed by atoms with Crippen molar-refractivity contribution in [3.8, 4) is 0 Å². The van der Waals surface area contributed by atoms with Crippen molar-refractivity contribution in [2.24, 2.45) is 5.73 Å². The first-order valence-electron chi connectivity index (χ1n) is 18.6. The molecule has 274 valence electrons. The lowest BCUT2D eigenvalue weighted by atomic mass is 10.1. The summed E-state index contributed by atoms with van der Waals surface area (Å²) < 4.78 is 33.1.